The molecule has 0 aromatic heterocycles. The van der Waals surface area contributed by atoms with Crippen LogP contribution in [0.5, 0.6) is 0 Å². The molecule has 0 bridgehead atoms. The van der Waals surface area contributed by atoms with E-state index in [1.165, 1.54) is 12.1 Å². The SMILES string of the molecule is C[C@H](N[C@H](Cc1ccccc1)C(N)=O)c1ccc(F)cc1F. The smallest absolute Gasteiger partial charge is 0.234 e. The minimum atomic E-state index is -0.650. The Kier molecular flexibility index (Phi) is 5.22. The van der Waals surface area contributed by atoms with Gasteiger partial charge in [-0.05, 0) is 25.0 Å². The Morgan fingerprint density at radius 3 is 2.45 bits per heavy atom. The van der Waals surface area contributed by atoms with Crippen LogP contribution in [0.2, 0.25) is 0 Å². The first kappa shape index (κ1) is 16.1. The van der Waals surface area contributed by atoms with Crippen molar-refractivity contribution >= 4 is 5.91 Å². The summed E-state index contributed by atoms with van der Waals surface area (Å²) in [6, 6.07) is 11.7. The van der Waals surface area contributed by atoms with Crippen LogP contribution in [0.1, 0.15) is 24.1 Å². The number of nitrogens with two attached hydrogens (primary N) is 1. The molecule has 2 aromatic rings. The van der Waals surface area contributed by atoms with Crippen LogP contribution >= 0.6 is 0 Å². The number of nitrogens with one attached hydrogen (secondary N) is 1. The van der Waals surface area contributed by atoms with E-state index in [0.717, 1.165) is 11.6 Å². The van der Waals surface area contributed by atoms with Crippen molar-refractivity contribution in [2.24, 2.45) is 5.73 Å². The summed E-state index contributed by atoms with van der Waals surface area (Å²) in [4.78, 5) is 11.6. The minimum Gasteiger partial charge on any atom is -0.368 e. The van der Waals surface area contributed by atoms with E-state index < -0.39 is 29.6 Å². The van der Waals surface area contributed by atoms with E-state index in [-0.39, 0.29) is 0 Å². The van der Waals surface area contributed by atoms with Crippen molar-refractivity contribution in [2.45, 2.75) is 25.4 Å². The zero-order valence-corrected chi connectivity index (χ0v) is 12.2. The van der Waals surface area contributed by atoms with Gasteiger partial charge in [-0.3, -0.25) is 10.1 Å². The van der Waals surface area contributed by atoms with Crippen molar-refractivity contribution in [1.29, 1.82) is 0 Å². The van der Waals surface area contributed by atoms with Crippen molar-refractivity contribution in [3.63, 3.8) is 0 Å². The molecule has 0 saturated carbocycles. The molecule has 0 aliphatic carbocycles. The third-order valence-corrected chi connectivity index (χ3v) is 3.51. The molecule has 0 heterocycles. The van der Waals surface area contributed by atoms with Gasteiger partial charge < -0.3 is 5.73 Å². The van der Waals surface area contributed by atoms with Gasteiger partial charge in [0.2, 0.25) is 5.91 Å². The zero-order chi connectivity index (χ0) is 16.1. The van der Waals surface area contributed by atoms with E-state index in [1.54, 1.807) is 6.92 Å². The maximum Gasteiger partial charge on any atom is 0.234 e. The molecule has 0 fully saturated rings. The van der Waals surface area contributed by atoms with E-state index >= 15 is 0 Å². The molecule has 0 saturated heterocycles. The summed E-state index contributed by atoms with van der Waals surface area (Å²) < 4.78 is 26.7. The van der Waals surface area contributed by atoms with Crippen LogP contribution in [0, 0.1) is 11.6 Å². The van der Waals surface area contributed by atoms with Gasteiger partial charge in [-0.15, -0.1) is 0 Å². The summed E-state index contributed by atoms with van der Waals surface area (Å²) in [6.07, 6.45) is 0.406. The number of primary amides is 1. The molecule has 2 atom stereocenters. The molecule has 5 heteroatoms. The second-order valence-electron chi connectivity index (χ2n) is 5.20. The standard InChI is InChI=1S/C17H18F2N2O/c1-11(14-8-7-13(18)10-15(14)19)21-16(17(20)22)9-12-5-3-2-4-6-12/h2-8,10-11,16,21H,9H2,1H3,(H2,20,22)/t11-,16+/m0/s1. The number of benzene rings is 2. The van der Waals surface area contributed by atoms with Gasteiger partial charge in [0.15, 0.2) is 0 Å². The Morgan fingerprint density at radius 1 is 1.18 bits per heavy atom. The molecular weight excluding hydrogens is 286 g/mol. The number of carbonyl (C=O) groups excluding carboxylic acids is 1. The summed E-state index contributed by atoms with van der Waals surface area (Å²) in [6.45, 7) is 1.71. The van der Waals surface area contributed by atoms with Crippen molar-refractivity contribution in [1.82, 2.24) is 5.32 Å². The molecule has 0 aliphatic rings. The summed E-state index contributed by atoms with van der Waals surface area (Å²) in [5, 5.41) is 3.00. The number of rotatable bonds is 6. The topological polar surface area (TPSA) is 55.1 Å². The number of halogens is 2. The molecule has 3 N–H and O–H groups in total. The number of carbonyl (C=O) groups is 1. The molecule has 0 aliphatic heterocycles. The second kappa shape index (κ2) is 7.13. The highest BCUT2D eigenvalue weighted by Gasteiger charge is 2.20. The molecule has 2 rings (SSSR count). The van der Waals surface area contributed by atoms with Crippen molar-refractivity contribution < 1.29 is 13.6 Å². The quantitative estimate of drug-likeness (QED) is 0.862. The molecule has 2 aromatic carbocycles. The lowest BCUT2D eigenvalue weighted by Gasteiger charge is -2.22. The average Bonchev–Trinajstić information content (AvgIpc) is 2.47. The fourth-order valence-electron chi connectivity index (χ4n) is 2.34. The Bertz CT molecular complexity index is 646. The maximum atomic E-state index is 13.8. The number of hydrogen-bond donors (Lipinski definition) is 2. The van der Waals surface area contributed by atoms with Crippen LogP contribution in [-0.2, 0) is 11.2 Å². The van der Waals surface area contributed by atoms with Crippen LogP contribution in [0.3, 0.4) is 0 Å². The monoisotopic (exact) mass is 304 g/mol. The highest BCUT2D eigenvalue weighted by atomic mass is 19.1. The lowest BCUT2D eigenvalue weighted by molar-refractivity contribution is -0.120. The zero-order valence-electron chi connectivity index (χ0n) is 12.2. The summed E-state index contributed by atoms with van der Waals surface area (Å²) >= 11 is 0. The third kappa shape index (κ3) is 4.11. The fraction of sp³-hybridized carbons (Fsp3) is 0.235. The predicted octanol–water partition coefficient (Wildman–Crippen LogP) is 2.71. The van der Waals surface area contributed by atoms with E-state index in [9.17, 15) is 13.6 Å². The normalized spacial score (nSPS) is 13.6. The van der Waals surface area contributed by atoms with E-state index in [0.29, 0.717) is 12.0 Å². The molecule has 0 spiro atoms. The molecular formula is C17H18F2N2O. The third-order valence-electron chi connectivity index (χ3n) is 3.51. The van der Waals surface area contributed by atoms with Crippen LogP contribution in [-0.4, -0.2) is 11.9 Å². The lowest BCUT2D eigenvalue weighted by atomic mass is 10.0. The van der Waals surface area contributed by atoms with E-state index in [2.05, 4.69) is 5.32 Å². The van der Waals surface area contributed by atoms with Gasteiger partial charge in [0.25, 0.3) is 0 Å². The first-order valence-electron chi connectivity index (χ1n) is 7.01. The Morgan fingerprint density at radius 2 is 1.86 bits per heavy atom. The number of amides is 1. The summed E-state index contributed by atoms with van der Waals surface area (Å²) in [5.41, 5.74) is 6.66. The molecule has 3 nitrogen and oxygen atoms in total. The van der Waals surface area contributed by atoms with Crippen molar-refractivity contribution in [3.05, 3.63) is 71.3 Å². The molecule has 22 heavy (non-hydrogen) atoms. The van der Waals surface area contributed by atoms with Gasteiger partial charge in [-0.1, -0.05) is 36.4 Å². The Hall–Kier alpha value is -2.27. The summed E-state index contributed by atoms with van der Waals surface area (Å²) in [5.74, 6) is -1.80. The van der Waals surface area contributed by atoms with Crippen molar-refractivity contribution in [2.75, 3.05) is 0 Å². The van der Waals surface area contributed by atoms with Gasteiger partial charge in [-0.25, -0.2) is 8.78 Å². The fourth-order valence-corrected chi connectivity index (χ4v) is 2.34. The highest BCUT2D eigenvalue weighted by molar-refractivity contribution is 5.80. The van der Waals surface area contributed by atoms with Crippen LogP contribution in [0.4, 0.5) is 8.78 Å². The van der Waals surface area contributed by atoms with E-state index in [1.807, 2.05) is 30.3 Å². The lowest BCUT2D eigenvalue weighted by Crippen LogP contribution is -2.44. The second-order valence-corrected chi connectivity index (χ2v) is 5.20. The molecule has 1 amide bonds. The first-order valence-corrected chi connectivity index (χ1v) is 7.01. The predicted molar refractivity (Wildman–Crippen MR) is 81.0 cm³/mol. The van der Waals surface area contributed by atoms with Crippen molar-refractivity contribution in [3.8, 4) is 0 Å². The molecule has 0 unspecified atom stereocenters. The molecule has 0 radical (unpaired) electrons. The van der Waals surface area contributed by atoms with Crippen LogP contribution in [0.15, 0.2) is 48.5 Å². The Labute approximate surface area is 128 Å². The van der Waals surface area contributed by atoms with Gasteiger partial charge in [0.05, 0.1) is 6.04 Å². The van der Waals surface area contributed by atoms with Crippen LogP contribution < -0.4 is 11.1 Å². The highest BCUT2D eigenvalue weighted by Crippen LogP contribution is 2.19. The molecule has 116 valence electrons. The van der Waals surface area contributed by atoms with Gasteiger partial charge in [0, 0.05) is 17.7 Å². The Balaban J connectivity index is 2.12. The average molecular weight is 304 g/mol. The summed E-state index contributed by atoms with van der Waals surface area (Å²) in [7, 11) is 0. The largest absolute Gasteiger partial charge is 0.368 e. The maximum absolute atomic E-state index is 13.8. The van der Waals surface area contributed by atoms with Gasteiger partial charge in [0.1, 0.15) is 11.6 Å². The van der Waals surface area contributed by atoms with Gasteiger partial charge >= 0.3 is 0 Å². The van der Waals surface area contributed by atoms with Gasteiger partial charge in [-0.2, -0.15) is 0 Å². The minimum absolute atomic E-state index is 0.292. The van der Waals surface area contributed by atoms with Crippen LogP contribution in [0.25, 0.3) is 0 Å². The number of hydrogen-bond acceptors (Lipinski definition) is 2. The first-order chi connectivity index (χ1) is 10.5. The van der Waals surface area contributed by atoms with E-state index in [4.69, 9.17) is 5.73 Å².